The second-order valence-electron chi connectivity index (χ2n) is 5.68. The van der Waals surface area contributed by atoms with E-state index in [2.05, 4.69) is 19.6 Å². The molecule has 1 fully saturated rings. The molecule has 0 aliphatic heterocycles. The fraction of sp³-hybridized carbons (Fsp3) is 0.769. The van der Waals surface area contributed by atoms with Crippen molar-refractivity contribution in [2.75, 3.05) is 0 Å². The maximum absolute atomic E-state index is 11.3. The van der Waals surface area contributed by atoms with Gasteiger partial charge in [-0.15, -0.1) is 0 Å². The van der Waals surface area contributed by atoms with Crippen LogP contribution in [0, 0.1) is 0 Å². The highest BCUT2D eigenvalue weighted by molar-refractivity contribution is 6.70. The summed E-state index contributed by atoms with van der Waals surface area (Å²) in [5, 5.41) is 0. The number of carbonyl (C=O) groups excluding carboxylic acids is 1. The van der Waals surface area contributed by atoms with Crippen molar-refractivity contribution in [3.05, 3.63) is 11.3 Å². The van der Waals surface area contributed by atoms with Gasteiger partial charge in [-0.1, -0.05) is 6.42 Å². The maximum atomic E-state index is 11.3. The summed E-state index contributed by atoms with van der Waals surface area (Å²) in [6, 6.07) is 0. The number of carbonyl (C=O) groups is 1. The van der Waals surface area contributed by atoms with E-state index in [-0.39, 0.29) is 5.78 Å². The van der Waals surface area contributed by atoms with Gasteiger partial charge < -0.3 is 4.43 Å². The molecule has 1 rings (SSSR count). The molecule has 0 aromatic rings. The highest BCUT2D eigenvalue weighted by Gasteiger charge is 2.21. The topological polar surface area (TPSA) is 26.3 Å². The predicted octanol–water partition coefficient (Wildman–Crippen LogP) is 4.04. The summed E-state index contributed by atoms with van der Waals surface area (Å²) in [6.07, 6.45) is 6.60. The van der Waals surface area contributed by atoms with E-state index in [1.807, 2.05) is 0 Å². The molecule has 1 saturated carbocycles. The molecule has 0 N–H and O–H groups in total. The average molecular weight is 240 g/mol. The van der Waals surface area contributed by atoms with Crippen molar-refractivity contribution in [1.82, 2.24) is 0 Å². The lowest BCUT2D eigenvalue weighted by Crippen LogP contribution is -2.26. The van der Waals surface area contributed by atoms with Crippen molar-refractivity contribution < 1.29 is 9.22 Å². The fourth-order valence-corrected chi connectivity index (χ4v) is 3.04. The number of ketones is 1. The first-order valence-corrected chi connectivity index (χ1v) is 9.68. The van der Waals surface area contributed by atoms with Crippen molar-refractivity contribution in [3.63, 3.8) is 0 Å². The van der Waals surface area contributed by atoms with Crippen LogP contribution >= 0.6 is 0 Å². The van der Waals surface area contributed by atoms with E-state index in [4.69, 9.17) is 4.43 Å². The minimum absolute atomic E-state index is 0.214. The summed E-state index contributed by atoms with van der Waals surface area (Å²) in [5.74, 6) is 1.22. The third-order valence-corrected chi connectivity index (χ3v) is 3.55. The van der Waals surface area contributed by atoms with E-state index in [1.165, 1.54) is 24.8 Å². The molecule has 0 spiro atoms. The molecular formula is C13H24O2Si. The lowest BCUT2D eigenvalue weighted by molar-refractivity contribution is -0.116. The number of hydrogen-bond donors (Lipinski definition) is 0. The van der Waals surface area contributed by atoms with E-state index in [9.17, 15) is 4.79 Å². The summed E-state index contributed by atoms with van der Waals surface area (Å²) in [6.45, 7) is 8.18. The summed E-state index contributed by atoms with van der Waals surface area (Å²) < 4.78 is 6.09. The van der Waals surface area contributed by atoms with Gasteiger partial charge >= 0.3 is 0 Å². The first kappa shape index (κ1) is 13.5. The monoisotopic (exact) mass is 240 g/mol. The van der Waals surface area contributed by atoms with Crippen molar-refractivity contribution in [2.24, 2.45) is 0 Å². The molecular weight excluding hydrogens is 216 g/mol. The predicted molar refractivity (Wildman–Crippen MR) is 69.8 cm³/mol. The SMILES string of the molecule is CC(=O)CC(O[Si](C)(C)C)=C1CCCCC1. The molecule has 1 aliphatic carbocycles. The first-order chi connectivity index (χ1) is 7.38. The Bertz CT molecular complexity index is 279. The smallest absolute Gasteiger partial charge is 0.241 e. The average Bonchev–Trinajstić information content (AvgIpc) is 2.15. The molecule has 0 unspecified atom stereocenters. The van der Waals surface area contributed by atoms with Gasteiger partial charge in [-0.25, -0.2) is 0 Å². The first-order valence-electron chi connectivity index (χ1n) is 6.28. The van der Waals surface area contributed by atoms with Crippen molar-refractivity contribution in [1.29, 1.82) is 0 Å². The Labute approximate surface area is 100 Å². The normalized spacial score (nSPS) is 17.1. The van der Waals surface area contributed by atoms with Gasteiger partial charge in [0.25, 0.3) is 0 Å². The quantitative estimate of drug-likeness (QED) is 0.547. The molecule has 2 nitrogen and oxygen atoms in total. The molecule has 0 atom stereocenters. The molecule has 92 valence electrons. The second kappa shape index (κ2) is 5.67. The molecule has 0 bridgehead atoms. The minimum Gasteiger partial charge on any atom is -0.547 e. The zero-order chi connectivity index (χ0) is 12.2. The maximum Gasteiger partial charge on any atom is 0.241 e. The lowest BCUT2D eigenvalue weighted by atomic mass is 9.93. The van der Waals surface area contributed by atoms with Gasteiger partial charge in [0.05, 0.1) is 12.2 Å². The third-order valence-electron chi connectivity index (χ3n) is 2.69. The zero-order valence-electron chi connectivity index (χ0n) is 11.1. The summed E-state index contributed by atoms with van der Waals surface area (Å²) in [4.78, 5) is 11.3. The van der Waals surface area contributed by atoms with Crippen LogP contribution in [0.1, 0.15) is 45.4 Å². The molecule has 0 saturated heterocycles. The van der Waals surface area contributed by atoms with Crippen molar-refractivity contribution in [3.8, 4) is 0 Å². The molecule has 0 radical (unpaired) electrons. The number of allylic oxidation sites excluding steroid dienone is 2. The molecule has 16 heavy (non-hydrogen) atoms. The summed E-state index contributed by atoms with van der Waals surface area (Å²) >= 11 is 0. The van der Waals surface area contributed by atoms with Crippen LogP contribution < -0.4 is 0 Å². The largest absolute Gasteiger partial charge is 0.547 e. The van der Waals surface area contributed by atoms with E-state index in [0.29, 0.717) is 6.42 Å². The van der Waals surface area contributed by atoms with Crippen LogP contribution in [-0.2, 0) is 9.22 Å². The Morgan fingerprint density at radius 2 is 1.75 bits per heavy atom. The van der Waals surface area contributed by atoms with E-state index < -0.39 is 8.32 Å². The third kappa shape index (κ3) is 4.97. The molecule has 1 aliphatic rings. The van der Waals surface area contributed by atoms with Gasteiger partial charge in [0.2, 0.25) is 8.32 Å². The van der Waals surface area contributed by atoms with Crippen LogP contribution in [-0.4, -0.2) is 14.1 Å². The molecule has 0 aromatic carbocycles. The van der Waals surface area contributed by atoms with E-state index in [0.717, 1.165) is 18.6 Å². The zero-order valence-corrected chi connectivity index (χ0v) is 12.1. The Morgan fingerprint density at radius 3 is 2.19 bits per heavy atom. The van der Waals surface area contributed by atoms with Gasteiger partial charge in [-0.2, -0.15) is 0 Å². The summed E-state index contributed by atoms with van der Waals surface area (Å²) in [7, 11) is -1.58. The van der Waals surface area contributed by atoms with Crippen LogP contribution in [0.25, 0.3) is 0 Å². The van der Waals surface area contributed by atoms with Gasteiger partial charge in [0.1, 0.15) is 5.78 Å². The van der Waals surface area contributed by atoms with Crippen molar-refractivity contribution in [2.45, 2.75) is 65.1 Å². The van der Waals surface area contributed by atoms with Crippen LogP contribution in [0.15, 0.2) is 11.3 Å². The Balaban J connectivity index is 2.80. The van der Waals surface area contributed by atoms with Crippen LogP contribution in [0.2, 0.25) is 19.6 Å². The Morgan fingerprint density at radius 1 is 1.19 bits per heavy atom. The van der Waals surface area contributed by atoms with E-state index >= 15 is 0 Å². The lowest BCUT2D eigenvalue weighted by Gasteiger charge is -2.26. The number of rotatable bonds is 4. The van der Waals surface area contributed by atoms with Crippen LogP contribution in [0.3, 0.4) is 0 Å². The van der Waals surface area contributed by atoms with Gasteiger partial charge in [0.15, 0.2) is 0 Å². The Kier molecular flexibility index (Phi) is 4.78. The summed E-state index contributed by atoms with van der Waals surface area (Å²) in [5.41, 5.74) is 1.41. The molecule has 0 amide bonds. The number of hydrogen-bond acceptors (Lipinski definition) is 2. The van der Waals surface area contributed by atoms with E-state index in [1.54, 1.807) is 6.92 Å². The Hall–Kier alpha value is -0.573. The highest BCUT2D eigenvalue weighted by atomic mass is 28.4. The minimum atomic E-state index is -1.58. The van der Waals surface area contributed by atoms with Crippen molar-refractivity contribution >= 4 is 14.1 Å². The fourth-order valence-electron chi connectivity index (χ4n) is 2.09. The molecule has 3 heteroatoms. The standard InChI is InChI=1S/C13H24O2Si/c1-11(14)10-13(15-16(2,3)4)12-8-6-5-7-9-12/h5-10H2,1-4H3. The van der Waals surface area contributed by atoms with Gasteiger partial charge in [-0.3, -0.25) is 4.79 Å². The number of Topliss-reactive ketones (excluding diaryl/α,β-unsaturated/α-hetero) is 1. The second-order valence-corrected chi connectivity index (χ2v) is 10.1. The molecule has 0 heterocycles. The van der Waals surface area contributed by atoms with Crippen LogP contribution in [0.5, 0.6) is 0 Å². The van der Waals surface area contributed by atoms with Crippen LogP contribution in [0.4, 0.5) is 0 Å². The highest BCUT2D eigenvalue weighted by Crippen LogP contribution is 2.29. The van der Waals surface area contributed by atoms with Gasteiger partial charge in [0, 0.05) is 0 Å². The van der Waals surface area contributed by atoms with Gasteiger partial charge in [-0.05, 0) is 57.8 Å². The molecule has 0 aromatic heterocycles.